The molecule has 2 amide bonds. The first kappa shape index (κ1) is 16.1. The summed E-state index contributed by atoms with van der Waals surface area (Å²) in [4.78, 5) is 46.3. The third kappa shape index (κ3) is 5.26. The van der Waals surface area contributed by atoms with Gasteiger partial charge in [-0.25, -0.2) is 4.79 Å². The number of aryl methyl sites for hydroxylation is 1. The van der Waals surface area contributed by atoms with E-state index in [-0.39, 0.29) is 18.8 Å². The number of primary amides is 1. The molecule has 1 aromatic rings. The Morgan fingerprint density at radius 2 is 2.19 bits per heavy atom. The largest absolute Gasteiger partial charge is 0.480 e. The van der Waals surface area contributed by atoms with Crippen LogP contribution in [0.1, 0.15) is 12.8 Å². The molecule has 1 atom stereocenters. The van der Waals surface area contributed by atoms with E-state index in [9.17, 15) is 24.5 Å². The summed E-state index contributed by atoms with van der Waals surface area (Å²) in [6.45, 7) is 0.0790. The summed E-state index contributed by atoms with van der Waals surface area (Å²) < 4.78 is 1.32. The SMILES string of the molecule is NC(=O)C[C@@H](NC(=O)CCn1cnc([N+](=O)[O-])c1)C(=O)O. The molecule has 0 saturated carbocycles. The summed E-state index contributed by atoms with van der Waals surface area (Å²) in [6, 6.07) is -1.40. The number of carboxylic acids is 1. The van der Waals surface area contributed by atoms with Gasteiger partial charge in [0.2, 0.25) is 18.1 Å². The van der Waals surface area contributed by atoms with Crippen molar-refractivity contribution in [3.63, 3.8) is 0 Å². The molecule has 0 aliphatic rings. The number of carboxylic acid groups (broad SMARTS) is 1. The number of carbonyl (C=O) groups excluding carboxylic acids is 2. The lowest BCUT2D eigenvalue weighted by Gasteiger charge is -2.12. The molecule has 0 unspecified atom stereocenters. The van der Waals surface area contributed by atoms with Crippen molar-refractivity contribution in [3.8, 4) is 0 Å². The number of carbonyl (C=O) groups is 3. The van der Waals surface area contributed by atoms with E-state index < -0.39 is 35.2 Å². The van der Waals surface area contributed by atoms with Crippen LogP contribution < -0.4 is 11.1 Å². The standard InChI is InChI=1S/C10H13N5O6/c11-7(16)3-6(10(18)19)13-9(17)1-2-14-4-8(12-5-14)15(20)21/h4-6H,1-3H2,(H2,11,16)(H,13,17)(H,18,19)/t6-/m1/s1. The van der Waals surface area contributed by atoms with Crippen LogP contribution in [-0.4, -0.2) is 43.4 Å². The number of aliphatic carboxylic acids is 1. The third-order valence-corrected chi connectivity index (χ3v) is 2.44. The molecule has 0 aliphatic heterocycles. The Labute approximate surface area is 117 Å². The molecular formula is C10H13N5O6. The van der Waals surface area contributed by atoms with Crippen molar-refractivity contribution in [1.29, 1.82) is 0 Å². The topological polar surface area (TPSA) is 170 Å². The number of hydrogen-bond acceptors (Lipinski definition) is 6. The zero-order valence-corrected chi connectivity index (χ0v) is 10.8. The van der Waals surface area contributed by atoms with Crippen LogP contribution in [0.2, 0.25) is 0 Å². The van der Waals surface area contributed by atoms with Crippen molar-refractivity contribution in [2.45, 2.75) is 25.4 Å². The minimum atomic E-state index is -1.40. The van der Waals surface area contributed by atoms with Gasteiger partial charge in [0.25, 0.3) is 0 Å². The van der Waals surface area contributed by atoms with Crippen LogP contribution in [0.25, 0.3) is 0 Å². The van der Waals surface area contributed by atoms with Gasteiger partial charge in [-0.15, -0.1) is 0 Å². The molecule has 11 nitrogen and oxygen atoms in total. The minimum absolute atomic E-state index is 0.0790. The van der Waals surface area contributed by atoms with E-state index in [1.165, 1.54) is 10.9 Å². The lowest BCUT2D eigenvalue weighted by Crippen LogP contribution is -2.43. The van der Waals surface area contributed by atoms with Crippen LogP contribution >= 0.6 is 0 Å². The van der Waals surface area contributed by atoms with E-state index in [2.05, 4.69) is 10.3 Å². The van der Waals surface area contributed by atoms with Crippen LogP contribution in [-0.2, 0) is 20.9 Å². The van der Waals surface area contributed by atoms with Crippen LogP contribution in [0.5, 0.6) is 0 Å². The number of aromatic nitrogens is 2. The van der Waals surface area contributed by atoms with E-state index >= 15 is 0 Å². The predicted molar refractivity (Wildman–Crippen MR) is 66.9 cm³/mol. The fraction of sp³-hybridized carbons (Fsp3) is 0.400. The highest BCUT2D eigenvalue weighted by Crippen LogP contribution is 2.06. The minimum Gasteiger partial charge on any atom is -0.480 e. The Balaban J connectivity index is 2.50. The van der Waals surface area contributed by atoms with Gasteiger partial charge in [-0.05, 0) is 9.91 Å². The van der Waals surface area contributed by atoms with Gasteiger partial charge in [0.1, 0.15) is 12.2 Å². The highest BCUT2D eigenvalue weighted by molar-refractivity contribution is 5.88. The zero-order chi connectivity index (χ0) is 16.0. The first-order valence-corrected chi connectivity index (χ1v) is 5.76. The Morgan fingerprint density at radius 1 is 1.52 bits per heavy atom. The molecule has 11 heteroatoms. The van der Waals surface area contributed by atoms with E-state index in [0.717, 1.165) is 6.20 Å². The monoisotopic (exact) mass is 299 g/mol. The first-order chi connectivity index (χ1) is 9.79. The maximum atomic E-state index is 11.6. The lowest BCUT2D eigenvalue weighted by atomic mass is 10.2. The fourth-order valence-electron chi connectivity index (χ4n) is 1.46. The number of amides is 2. The average Bonchev–Trinajstić information content (AvgIpc) is 2.83. The van der Waals surface area contributed by atoms with E-state index in [0.29, 0.717) is 0 Å². The van der Waals surface area contributed by atoms with Crippen LogP contribution in [0.3, 0.4) is 0 Å². The van der Waals surface area contributed by atoms with Crippen molar-refractivity contribution in [2.75, 3.05) is 0 Å². The molecule has 0 radical (unpaired) electrons. The number of nitro groups is 1. The number of nitrogens with one attached hydrogen (secondary N) is 1. The molecule has 1 rings (SSSR count). The second kappa shape index (κ2) is 6.98. The van der Waals surface area contributed by atoms with Gasteiger partial charge in [-0.2, -0.15) is 0 Å². The molecule has 0 aliphatic carbocycles. The van der Waals surface area contributed by atoms with Gasteiger partial charge < -0.3 is 30.8 Å². The molecule has 0 fully saturated rings. The Morgan fingerprint density at radius 3 is 2.67 bits per heavy atom. The summed E-state index contributed by atoms with van der Waals surface area (Å²) in [7, 11) is 0. The Hall–Kier alpha value is -2.98. The summed E-state index contributed by atoms with van der Waals surface area (Å²) >= 11 is 0. The predicted octanol–water partition coefficient (Wildman–Crippen LogP) is -1.37. The van der Waals surface area contributed by atoms with Gasteiger partial charge in [0, 0.05) is 13.0 Å². The van der Waals surface area contributed by atoms with Crippen molar-refractivity contribution in [1.82, 2.24) is 14.9 Å². The maximum Gasteiger partial charge on any atom is 0.381 e. The molecule has 1 heterocycles. The quantitative estimate of drug-likeness (QED) is 0.392. The summed E-state index contributed by atoms with van der Waals surface area (Å²) in [5.74, 6) is -3.21. The number of nitrogens with two attached hydrogens (primary N) is 1. The van der Waals surface area contributed by atoms with Gasteiger partial charge >= 0.3 is 11.8 Å². The summed E-state index contributed by atoms with van der Waals surface area (Å²) in [5.41, 5.74) is 4.87. The Bertz CT molecular complexity index is 568. The van der Waals surface area contributed by atoms with Crippen molar-refractivity contribution in [3.05, 3.63) is 22.6 Å². The molecule has 0 saturated heterocycles. The molecule has 1 aromatic heterocycles. The Kier molecular flexibility index (Phi) is 5.34. The van der Waals surface area contributed by atoms with Crippen molar-refractivity contribution >= 4 is 23.6 Å². The van der Waals surface area contributed by atoms with Gasteiger partial charge in [0.05, 0.1) is 6.42 Å². The number of nitrogens with zero attached hydrogens (tertiary/aromatic N) is 3. The average molecular weight is 299 g/mol. The molecule has 21 heavy (non-hydrogen) atoms. The second-order valence-electron chi connectivity index (χ2n) is 4.11. The second-order valence-corrected chi connectivity index (χ2v) is 4.11. The molecule has 0 bridgehead atoms. The normalized spacial score (nSPS) is 11.6. The molecule has 114 valence electrons. The summed E-state index contributed by atoms with van der Waals surface area (Å²) in [5, 5.41) is 21.4. The molecule has 0 aromatic carbocycles. The van der Waals surface area contributed by atoms with E-state index in [1.54, 1.807) is 0 Å². The highest BCUT2D eigenvalue weighted by atomic mass is 16.6. The number of imidazole rings is 1. The highest BCUT2D eigenvalue weighted by Gasteiger charge is 2.22. The van der Waals surface area contributed by atoms with E-state index in [4.69, 9.17) is 10.8 Å². The van der Waals surface area contributed by atoms with Crippen LogP contribution in [0.4, 0.5) is 5.82 Å². The van der Waals surface area contributed by atoms with Crippen LogP contribution in [0, 0.1) is 10.1 Å². The first-order valence-electron chi connectivity index (χ1n) is 5.76. The van der Waals surface area contributed by atoms with Gasteiger partial charge in [0.15, 0.2) is 0 Å². The van der Waals surface area contributed by atoms with E-state index in [1.807, 2.05) is 0 Å². The van der Waals surface area contributed by atoms with Crippen molar-refractivity contribution in [2.24, 2.45) is 5.73 Å². The molecule has 4 N–H and O–H groups in total. The fourth-order valence-corrected chi connectivity index (χ4v) is 1.46. The number of hydrogen-bond donors (Lipinski definition) is 3. The maximum absolute atomic E-state index is 11.6. The number of rotatable bonds is 8. The lowest BCUT2D eigenvalue weighted by molar-refractivity contribution is -0.389. The molecular weight excluding hydrogens is 286 g/mol. The van der Waals surface area contributed by atoms with Crippen LogP contribution in [0.15, 0.2) is 12.5 Å². The zero-order valence-electron chi connectivity index (χ0n) is 10.8. The smallest absolute Gasteiger partial charge is 0.381 e. The third-order valence-electron chi connectivity index (χ3n) is 2.44. The van der Waals surface area contributed by atoms with Crippen molar-refractivity contribution < 1.29 is 24.4 Å². The summed E-state index contributed by atoms with van der Waals surface area (Å²) in [6.07, 6.45) is 1.68. The van der Waals surface area contributed by atoms with Gasteiger partial charge in [-0.1, -0.05) is 0 Å². The molecule has 0 spiro atoms. The van der Waals surface area contributed by atoms with Gasteiger partial charge in [-0.3, -0.25) is 9.59 Å².